The zero-order valence-electron chi connectivity index (χ0n) is 12.1. The Morgan fingerprint density at radius 1 is 1.55 bits per heavy atom. The van der Waals surface area contributed by atoms with E-state index in [9.17, 15) is 14.7 Å². The van der Waals surface area contributed by atoms with E-state index in [2.05, 4.69) is 13.8 Å². The van der Waals surface area contributed by atoms with Crippen LogP contribution in [0.5, 0.6) is 0 Å². The number of thiophene rings is 1. The molecule has 2 rings (SSSR count). The van der Waals surface area contributed by atoms with Gasteiger partial charge in [0, 0.05) is 17.8 Å². The summed E-state index contributed by atoms with van der Waals surface area (Å²) in [6, 6.07) is 1.68. The highest BCUT2D eigenvalue weighted by atomic mass is 32.1. The van der Waals surface area contributed by atoms with Gasteiger partial charge in [0.05, 0.1) is 12.0 Å². The van der Waals surface area contributed by atoms with Gasteiger partial charge in [0.2, 0.25) is 5.91 Å². The minimum absolute atomic E-state index is 0.0778. The van der Waals surface area contributed by atoms with Crippen LogP contribution in [0, 0.1) is 18.8 Å². The lowest BCUT2D eigenvalue weighted by Crippen LogP contribution is -2.46. The van der Waals surface area contributed by atoms with Crippen molar-refractivity contribution in [2.24, 2.45) is 11.8 Å². The molecule has 0 spiro atoms. The second-order valence-electron chi connectivity index (χ2n) is 5.84. The zero-order chi connectivity index (χ0) is 14.9. The maximum atomic E-state index is 12.3. The van der Waals surface area contributed by atoms with E-state index in [-0.39, 0.29) is 11.9 Å². The third-order valence-corrected chi connectivity index (χ3v) is 4.85. The number of carboxylic acid groups (broad SMARTS) is 1. The van der Waals surface area contributed by atoms with Crippen LogP contribution in [0.4, 0.5) is 0 Å². The third-order valence-electron chi connectivity index (χ3n) is 3.76. The molecule has 0 aromatic carbocycles. The van der Waals surface area contributed by atoms with Gasteiger partial charge in [-0.2, -0.15) is 0 Å². The SMILES string of the molecule is Cc1ccsc1C1C(C(=O)O)CCC(=O)N1CC(C)C. The molecule has 110 valence electrons. The number of hydrogen-bond acceptors (Lipinski definition) is 3. The van der Waals surface area contributed by atoms with Crippen molar-refractivity contribution in [3.8, 4) is 0 Å². The molecule has 0 bridgehead atoms. The third kappa shape index (κ3) is 2.87. The van der Waals surface area contributed by atoms with Crippen molar-refractivity contribution < 1.29 is 14.7 Å². The second kappa shape index (κ2) is 5.95. The Bertz CT molecular complexity index is 509. The van der Waals surface area contributed by atoms with Crippen LogP contribution in [-0.2, 0) is 9.59 Å². The predicted octanol–water partition coefficient (Wildman–Crippen LogP) is 3.08. The molecule has 5 heteroatoms. The number of carbonyl (C=O) groups excluding carboxylic acids is 1. The maximum Gasteiger partial charge on any atom is 0.308 e. The van der Waals surface area contributed by atoms with E-state index in [1.165, 1.54) is 0 Å². The number of carbonyl (C=O) groups is 2. The first-order valence-electron chi connectivity index (χ1n) is 6.98. The fourth-order valence-electron chi connectivity index (χ4n) is 2.83. The molecule has 1 amide bonds. The lowest BCUT2D eigenvalue weighted by molar-refractivity contribution is -0.152. The van der Waals surface area contributed by atoms with E-state index in [0.717, 1.165) is 10.4 Å². The van der Waals surface area contributed by atoms with Gasteiger partial charge >= 0.3 is 5.97 Å². The quantitative estimate of drug-likeness (QED) is 0.928. The predicted molar refractivity (Wildman–Crippen MR) is 78.7 cm³/mol. The summed E-state index contributed by atoms with van der Waals surface area (Å²) >= 11 is 1.55. The molecular formula is C15H21NO3S. The van der Waals surface area contributed by atoms with Crippen LogP contribution >= 0.6 is 11.3 Å². The molecule has 0 aliphatic carbocycles. The first kappa shape index (κ1) is 15.0. The number of likely N-dealkylation sites (tertiary alicyclic amines) is 1. The van der Waals surface area contributed by atoms with Crippen molar-refractivity contribution in [1.29, 1.82) is 0 Å². The Labute approximate surface area is 123 Å². The van der Waals surface area contributed by atoms with Gasteiger partial charge in [-0.05, 0) is 36.3 Å². The molecule has 1 fully saturated rings. The molecule has 4 nitrogen and oxygen atoms in total. The summed E-state index contributed by atoms with van der Waals surface area (Å²) in [4.78, 5) is 26.6. The smallest absolute Gasteiger partial charge is 0.308 e. The van der Waals surface area contributed by atoms with Crippen LogP contribution < -0.4 is 0 Å². The highest BCUT2D eigenvalue weighted by molar-refractivity contribution is 7.10. The van der Waals surface area contributed by atoms with E-state index in [1.54, 1.807) is 16.2 Å². The highest BCUT2D eigenvalue weighted by Crippen LogP contribution is 2.40. The molecule has 1 N–H and O–H groups in total. The summed E-state index contributed by atoms with van der Waals surface area (Å²) in [5, 5.41) is 11.5. The van der Waals surface area contributed by atoms with Crippen LogP contribution in [0.15, 0.2) is 11.4 Å². The maximum absolute atomic E-state index is 12.3. The normalized spacial score (nSPS) is 23.4. The van der Waals surface area contributed by atoms with Gasteiger partial charge in [0.15, 0.2) is 0 Å². The number of hydrogen-bond donors (Lipinski definition) is 1. The molecule has 2 atom stereocenters. The van der Waals surface area contributed by atoms with Gasteiger partial charge in [-0.3, -0.25) is 9.59 Å². The number of rotatable bonds is 4. The van der Waals surface area contributed by atoms with Crippen LogP contribution in [0.25, 0.3) is 0 Å². The standard InChI is InChI=1S/C15H21NO3S/c1-9(2)8-16-12(17)5-4-11(15(18)19)13(16)14-10(3)6-7-20-14/h6-7,9,11,13H,4-5,8H2,1-3H3,(H,18,19). The summed E-state index contributed by atoms with van der Waals surface area (Å²) in [6.45, 7) is 6.70. The molecule has 1 aromatic rings. The highest BCUT2D eigenvalue weighted by Gasteiger charge is 2.41. The van der Waals surface area contributed by atoms with Crippen molar-refractivity contribution >= 4 is 23.2 Å². The Morgan fingerprint density at radius 2 is 2.25 bits per heavy atom. The monoisotopic (exact) mass is 295 g/mol. The first-order valence-corrected chi connectivity index (χ1v) is 7.86. The van der Waals surface area contributed by atoms with Crippen LogP contribution in [-0.4, -0.2) is 28.4 Å². The average molecular weight is 295 g/mol. The number of nitrogens with zero attached hydrogens (tertiary/aromatic N) is 1. The number of amides is 1. The Hall–Kier alpha value is -1.36. The number of piperidine rings is 1. The van der Waals surface area contributed by atoms with Crippen molar-refractivity contribution in [2.75, 3.05) is 6.54 Å². The van der Waals surface area contributed by atoms with E-state index >= 15 is 0 Å². The summed E-state index contributed by atoms with van der Waals surface area (Å²) in [6.07, 6.45) is 0.773. The molecular weight excluding hydrogens is 274 g/mol. The zero-order valence-corrected chi connectivity index (χ0v) is 12.9. The van der Waals surface area contributed by atoms with Crippen molar-refractivity contribution in [3.05, 3.63) is 21.9 Å². The van der Waals surface area contributed by atoms with Crippen LogP contribution in [0.1, 0.15) is 43.2 Å². The summed E-state index contributed by atoms with van der Waals surface area (Å²) in [7, 11) is 0. The van der Waals surface area contributed by atoms with Gasteiger partial charge < -0.3 is 10.0 Å². The summed E-state index contributed by atoms with van der Waals surface area (Å²) < 4.78 is 0. The Balaban J connectivity index is 2.41. The fourth-order valence-corrected chi connectivity index (χ4v) is 3.94. The Morgan fingerprint density at radius 3 is 2.75 bits per heavy atom. The molecule has 1 aromatic heterocycles. The van der Waals surface area contributed by atoms with Gasteiger partial charge in [-0.15, -0.1) is 11.3 Å². The molecule has 20 heavy (non-hydrogen) atoms. The topological polar surface area (TPSA) is 57.6 Å². The molecule has 0 saturated carbocycles. The molecule has 2 unspecified atom stereocenters. The second-order valence-corrected chi connectivity index (χ2v) is 6.78. The van der Waals surface area contributed by atoms with Gasteiger partial charge in [0.25, 0.3) is 0 Å². The summed E-state index contributed by atoms with van der Waals surface area (Å²) in [5.41, 5.74) is 1.08. The van der Waals surface area contributed by atoms with Gasteiger partial charge in [0.1, 0.15) is 0 Å². The molecule has 0 radical (unpaired) electrons. The largest absolute Gasteiger partial charge is 0.481 e. The number of aliphatic carboxylic acids is 1. The van der Waals surface area contributed by atoms with E-state index < -0.39 is 11.9 Å². The van der Waals surface area contributed by atoms with E-state index in [1.807, 2.05) is 18.4 Å². The first-order chi connectivity index (χ1) is 9.41. The van der Waals surface area contributed by atoms with E-state index in [4.69, 9.17) is 0 Å². The van der Waals surface area contributed by atoms with Crippen molar-refractivity contribution in [2.45, 2.75) is 39.7 Å². The van der Waals surface area contributed by atoms with Crippen LogP contribution in [0.2, 0.25) is 0 Å². The van der Waals surface area contributed by atoms with Gasteiger partial charge in [-0.25, -0.2) is 0 Å². The minimum atomic E-state index is -0.802. The van der Waals surface area contributed by atoms with Gasteiger partial charge in [-0.1, -0.05) is 13.8 Å². The lowest BCUT2D eigenvalue weighted by atomic mass is 9.86. The van der Waals surface area contributed by atoms with Crippen molar-refractivity contribution in [1.82, 2.24) is 4.90 Å². The van der Waals surface area contributed by atoms with Crippen LogP contribution in [0.3, 0.4) is 0 Å². The number of carboxylic acids is 1. The molecule has 2 heterocycles. The van der Waals surface area contributed by atoms with E-state index in [0.29, 0.717) is 25.3 Å². The Kier molecular flexibility index (Phi) is 4.48. The lowest BCUT2D eigenvalue weighted by Gasteiger charge is -2.40. The minimum Gasteiger partial charge on any atom is -0.481 e. The number of aryl methyl sites for hydroxylation is 1. The summed E-state index contributed by atoms with van der Waals surface area (Å²) in [5.74, 6) is -0.892. The molecule has 1 saturated heterocycles. The fraction of sp³-hybridized carbons (Fsp3) is 0.600. The molecule has 1 aliphatic rings. The van der Waals surface area contributed by atoms with Crippen molar-refractivity contribution in [3.63, 3.8) is 0 Å². The average Bonchev–Trinajstić information content (AvgIpc) is 2.77. The molecule has 1 aliphatic heterocycles.